The van der Waals surface area contributed by atoms with E-state index >= 15 is 0 Å². The lowest BCUT2D eigenvalue weighted by Gasteiger charge is -2.40. The van der Waals surface area contributed by atoms with Crippen LogP contribution in [-0.4, -0.2) is 0 Å². The normalized spacial score (nSPS) is 15.8. The third-order valence-electron chi connectivity index (χ3n) is 9.72. The molecule has 1 spiro atoms. The second-order valence-corrected chi connectivity index (χ2v) is 14.2. The number of anilines is 3. The Morgan fingerprint density at radius 3 is 1.89 bits per heavy atom. The van der Waals surface area contributed by atoms with Gasteiger partial charge in [0, 0.05) is 47.0 Å². The summed E-state index contributed by atoms with van der Waals surface area (Å²) in [4.78, 5) is 5.10. The number of hydrogen-bond donors (Lipinski definition) is 0. The Balaban J connectivity index is 1.32. The van der Waals surface area contributed by atoms with Gasteiger partial charge in [0.1, 0.15) is 0 Å². The number of hydrogen-bond acceptors (Lipinski definition) is 3. The van der Waals surface area contributed by atoms with Crippen molar-refractivity contribution in [2.24, 2.45) is 0 Å². The van der Waals surface area contributed by atoms with Crippen molar-refractivity contribution in [3.63, 3.8) is 0 Å². The van der Waals surface area contributed by atoms with E-state index < -0.39 is 5.41 Å². The second-order valence-electron chi connectivity index (χ2n) is 12.0. The summed E-state index contributed by atoms with van der Waals surface area (Å²) in [6.45, 7) is 0. The Morgan fingerprint density at radius 1 is 0.435 bits per heavy atom. The van der Waals surface area contributed by atoms with Gasteiger partial charge >= 0.3 is 0 Å². The first-order valence-corrected chi connectivity index (χ1v) is 17.3. The van der Waals surface area contributed by atoms with Crippen LogP contribution in [0.4, 0.5) is 17.1 Å². The smallest absolute Gasteiger partial charge is 0.0736 e. The van der Waals surface area contributed by atoms with Gasteiger partial charge in [-0.3, -0.25) is 0 Å². The first kappa shape index (κ1) is 26.2. The number of thiophene rings is 1. The molecule has 1 atom stereocenters. The van der Waals surface area contributed by atoms with Crippen molar-refractivity contribution in [1.29, 1.82) is 0 Å². The van der Waals surface area contributed by atoms with E-state index in [1.165, 1.54) is 63.3 Å². The fraction of sp³-hybridized carbons (Fsp3) is 0.0233. The van der Waals surface area contributed by atoms with Gasteiger partial charge in [-0.2, -0.15) is 0 Å². The molecular formula is C43H27NS2. The molecule has 2 aliphatic rings. The quantitative estimate of drug-likeness (QED) is 0.193. The summed E-state index contributed by atoms with van der Waals surface area (Å²) in [5.74, 6) is 0. The minimum atomic E-state index is -0.442. The fourth-order valence-electron chi connectivity index (χ4n) is 7.87. The molecule has 10 rings (SSSR count). The highest BCUT2D eigenvalue weighted by Gasteiger charge is 2.50. The molecule has 0 saturated carbocycles. The summed E-state index contributed by atoms with van der Waals surface area (Å²) in [7, 11) is 0. The third kappa shape index (κ3) is 3.53. The molecule has 3 heteroatoms. The molecule has 0 fully saturated rings. The van der Waals surface area contributed by atoms with Crippen molar-refractivity contribution in [1.82, 2.24) is 0 Å². The van der Waals surface area contributed by atoms with Crippen LogP contribution in [0, 0.1) is 0 Å². The van der Waals surface area contributed by atoms with Crippen LogP contribution in [0.2, 0.25) is 0 Å². The molecule has 2 heterocycles. The maximum atomic E-state index is 2.47. The molecule has 1 aliphatic heterocycles. The number of nitrogens with zero attached hydrogens (tertiary/aromatic N) is 1. The lowest BCUT2D eigenvalue weighted by molar-refractivity contribution is 0.726. The third-order valence-corrected chi connectivity index (χ3v) is 12.3. The Bertz CT molecular complexity index is 2420. The molecule has 1 aliphatic carbocycles. The first-order chi connectivity index (χ1) is 22.8. The highest BCUT2D eigenvalue weighted by molar-refractivity contribution is 8.00. The largest absolute Gasteiger partial charge is 0.310 e. The lowest BCUT2D eigenvalue weighted by Crippen LogP contribution is -2.32. The Kier molecular flexibility index (Phi) is 5.66. The average Bonchev–Trinajstić information content (AvgIpc) is 3.64. The SMILES string of the molecule is c1ccc(N(c2ccccc2)c2ccc3c(c2)C2(c4ccccc4Sc4c2ccc2c4sc4ccccc42)c2ccccc2-3)cc1. The summed E-state index contributed by atoms with van der Waals surface area (Å²) < 4.78 is 2.73. The van der Waals surface area contributed by atoms with Gasteiger partial charge in [-0.15, -0.1) is 11.3 Å². The van der Waals surface area contributed by atoms with E-state index in [0.717, 1.165) is 17.1 Å². The van der Waals surface area contributed by atoms with Crippen LogP contribution in [-0.2, 0) is 5.41 Å². The zero-order valence-electron chi connectivity index (χ0n) is 24.9. The highest BCUT2D eigenvalue weighted by Crippen LogP contribution is 2.64. The van der Waals surface area contributed by atoms with Gasteiger partial charge < -0.3 is 4.90 Å². The monoisotopic (exact) mass is 621 g/mol. The van der Waals surface area contributed by atoms with Crippen LogP contribution < -0.4 is 4.90 Å². The van der Waals surface area contributed by atoms with Crippen LogP contribution in [0.15, 0.2) is 174 Å². The molecule has 46 heavy (non-hydrogen) atoms. The minimum Gasteiger partial charge on any atom is -0.310 e. The molecule has 0 amide bonds. The van der Waals surface area contributed by atoms with E-state index in [9.17, 15) is 0 Å². The van der Waals surface area contributed by atoms with Crippen molar-refractivity contribution in [2.75, 3.05) is 4.90 Å². The number of fused-ring (bicyclic) bond motifs is 13. The maximum absolute atomic E-state index is 2.47. The molecule has 0 bridgehead atoms. The van der Waals surface area contributed by atoms with E-state index in [1.807, 2.05) is 23.1 Å². The molecule has 8 aromatic rings. The standard InChI is InChI=1S/C43H27NS2/c1-3-13-28(14-4-1)44(29-15-5-2-6-16-29)30-23-24-32-31-17-7-9-19-35(31)43(38(32)27-30)36-20-10-12-22-40(36)46-42-37(43)26-25-34-33-18-8-11-21-39(33)45-41(34)42/h1-27H. The molecule has 216 valence electrons. The predicted octanol–water partition coefficient (Wildman–Crippen LogP) is 12.4. The van der Waals surface area contributed by atoms with Gasteiger partial charge in [-0.1, -0.05) is 127 Å². The van der Waals surface area contributed by atoms with E-state index in [1.54, 1.807) is 0 Å². The Hall–Kier alpha value is -5.09. The van der Waals surface area contributed by atoms with Crippen LogP contribution >= 0.6 is 23.1 Å². The summed E-state index contributed by atoms with van der Waals surface area (Å²) in [5, 5.41) is 2.69. The summed E-state index contributed by atoms with van der Waals surface area (Å²) in [6, 6.07) is 60.4. The average molecular weight is 622 g/mol. The zero-order chi connectivity index (χ0) is 30.2. The summed E-state index contributed by atoms with van der Waals surface area (Å²) in [5.41, 5.74) is 11.1. The van der Waals surface area contributed by atoms with Gasteiger partial charge in [-0.05, 0) is 81.9 Å². The molecule has 7 aromatic carbocycles. The van der Waals surface area contributed by atoms with Crippen molar-refractivity contribution in [2.45, 2.75) is 15.2 Å². The topological polar surface area (TPSA) is 3.24 Å². The van der Waals surface area contributed by atoms with Crippen LogP contribution in [0.3, 0.4) is 0 Å². The first-order valence-electron chi connectivity index (χ1n) is 15.7. The van der Waals surface area contributed by atoms with Gasteiger partial charge in [0.05, 0.1) is 5.41 Å². The fourth-order valence-corrected chi connectivity index (χ4v) is 10.5. The zero-order valence-corrected chi connectivity index (χ0v) is 26.5. The van der Waals surface area contributed by atoms with E-state index in [2.05, 4.69) is 169 Å². The summed E-state index contributed by atoms with van der Waals surface area (Å²) in [6.07, 6.45) is 0. The Labute approximate surface area is 276 Å². The van der Waals surface area contributed by atoms with Crippen LogP contribution in [0.1, 0.15) is 22.3 Å². The second kappa shape index (κ2) is 9.95. The Morgan fingerprint density at radius 2 is 1.09 bits per heavy atom. The van der Waals surface area contributed by atoms with Gasteiger partial charge in [0.25, 0.3) is 0 Å². The van der Waals surface area contributed by atoms with Crippen molar-refractivity contribution >= 4 is 60.3 Å². The van der Waals surface area contributed by atoms with E-state index in [4.69, 9.17) is 0 Å². The van der Waals surface area contributed by atoms with E-state index in [-0.39, 0.29) is 0 Å². The molecule has 1 nitrogen and oxygen atoms in total. The van der Waals surface area contributed by atoms with E-state index in [0.29, 0.717) is 0 Å². The van der Waals surface area contributed by atoms with Gasteiger partial charge in [-0.25, -0.2) is 0 Å². The molecule has 0 radical (unpaired) electrons. The summed E-state index contributed by atoms with van der Waals surface area (Å²) >= 11 is 3.87. The van der Waals surface area contributed by atoms with Crippen LogP contribution in [0.25, 0.3) is 31.3 Å². The minimum absolute atomic E-state index is 0.442. The van der Waals surface area contributed by atoms with Crippen molar-refractivity contribution in [3.05, 3.63) is 186 Å². The van der Waals surface area contributed by atoms with Crippen molar-refractivity contribution in [3.8, 4) is 11.1 Å². The lowest BCUT2D eigenvalue weighted by atomic mass is 9.67. The molecule has 0 N–H and O–H groups in total. The van der Waals surface area contributed by atoms with Crippen molar-refractivity contribution < 1.29 is 0 Å². The van der Waals surface area contributed by atoms with Crippen LogP contribution in [0.5, 0.6) is 0 Å². The molecule has 0 saturated heterocycles. The number of rotatable bonds is 3. The maximum Gasteiger partial charge on any atom is 0.0736 e. The van der Waals surface area contributed by atoms with Gasteiger partial charge in [0.2, 0.25) is 0 Å². The van der Waals surface area contributed by atoms with Gasteiger partial charge in [0.15, 0.2) is 0 Å². The molecule has 1 aromatic heterocycles. The number of para-hydroxylation sites is 2. The predicted molar refractivity (Wildman–Crippen MR) is 195 cm³/mol. The number of benzene rings is 7. The highest BCUT2D eigenvalue weighted by atomic mass is 32.2. The molecule has 1 unspecified atom stereocenters. The molecular weight excluding hydrogens is 595 g/mol.